The number of benzene rings is 3. The van der Waals surface area contributed by atoms with Gasteiger partial charge in [-0.15, -0.1) is 10.2 Å². The van der Waals surface area contributed by atoms with E-state index in [0.717, 1.165) is 43.7 Å². The first-order valence-corrected chi connectivity index (χ1v) is 12.2. The highest BCUT2D eigenvalue weighted by Gasteiger charge is 2.23. The number of anilines is 1. The largest absolute Gasteiger partial charge is 0.332 e. The van der Waals surface area contributed by atoms with E-state index in [4.69, 9.17) is 12.2 Å². The Bertz CT molecular complexity index is 1470. The number of aromatic nitrogens is 4. The van der Waals surface area contributed by atoms with Crippen LogP contribution in [0.3, 0.4) is 0 Å². The third-order valence-corrected chi connectivity index (χ3v) is 6.86. The Balaban J connectivity index is 1.37. The first kappa shape index (κ1) is 22.8. The summed E-state index contributed by atoms with van der Waals surface area (Å²) < 4.78 is 1.73. The summed E-state index contributed by atoms with van der Waals surface area (Å²) in [6.07, 6.45) is 0. The number of rotatable bonds is 5. The van der Waals surface area contributed by atoms with Crippen LogP contribution in [0.15, 0.2) is 78.9 Å². The standard InChI is InChI=1S/C26H22N6OS2/c1-16-20(24-31-32-17(2)29-30-26(32)35-24)14-9-15-21(16)27-25(34)28-23(33)22(18-10-5-3-6-11-18)19-12-7-4-8-13-19/h3-15,22H,1-2H3,(H2,27,28,33,34). The molecular weight excluding hydrogens is 476 g/mol. The molecule has 2 aromatic heterocycles. The topological polar surface area (TPSA) is 84.2 Å². The zero-order valence-corrected chi connectivity index (χ0v) is 20.7. The molecule has 9 heteroatoms. The molecule has 2 N–H and O–H groups in total. The summed E-state index contributed by atoms with van der Waals surface area (Å²) in [5.74, 6) is 0.0653. The van der Waals surface area contributed by atoms with Crippen LogP contribution >= 0.6 is 23.6 Å². The van der Waals surface area contributed by atoms with Gasteiger partial charge in [0.15, 0.2) is 10.9 Å². The molecule has 3 aromatic carbocycles. The zero-order valence-electron chi connectivity index (χ0n) is 19.1. The van der Waals surface area contributed by atoms with Gasteiger partial charge < -0.3 is 10.6 Å². The lowest BCUT2D eigenvalue weighted by Crippen LogP contribution is -2.38. The number of nitrogens with one attached hydrogen (secondary N) is 2. The van der Waals surface area contributed by atoms with E-state index in [1.165, 1.54) is 11.3 Å². The van der Waals surface area contributed by atoms with E-state index in [1.54, 1.807) is 4.52 Å². The van der Waals surface area contributed by atoms with Crippen LogP contribution in [0.25, 0.3) is 15.5 Å². The van der Waals surface area contributed by atoms with Crippen LogP contribution in [0.4, 0.5) is 5.69 Å². The van der Waals surface area contributed by atoms with E-state index in [-0.39, 0.29) is 11.0 Å². The van der Waals surface area contributed by atoms with Gasteiger partial charge in [-0.3, -0.25) is 4.79 Å². The summed E-state index contributed by atoms with van der Waals surface area (Å²) in [6, 6.07) is 25.2. The minimum absolute atomic E-state index is 0.196. The number of carbonyl (C=O) groups is 1. The summed E-state index contributed by atoms with van der Waals surface area (Å²) in [4.78, 5) is 14.1. The summed E-state index contributed by atoms with van der Waals surface area (Å²) in [7, 11) is 0. The minimum Gasteiger partial charge on any atom is -0.332 e. The van der Waals surface area contributed by atoms with E-state index in [1.807, 2.05) is 92.7 Å². The first-order valence-electron chi connectivity index (χ1n) is 11.0. The highest BCUT2D eigenvalue weighted by molar-refractivity contribution is 7.80. The van der Waals surface area contributed by atoms with Crippen molar-refractivity contribution in [2.75, 3.05) is 5.32 Å². The molecule has 0 saturated carbocycles. The third-order valence-electron chi connectivity index (χ3n) is 5.72. The van der Waals surface area contributed by atoms with E-state index in [2.05, 4.69) is 25.9 Å². The third kappa shape index (κ3) is 4.68. The lowest BCUT2D eigenvalue weighted by atomic mass is 9.90. The van der Waals surface area contributed by atoms with E-state index < -0.39 is 5.92 Å². The van der Waals surface area contributed by atoms with Crippen molar-refractivity contribution in [3.63, 3.8) is 0 Å². The lowest BCUT2D eigenvalue weighted by Gasteiger charge is -2.19. The Morgan fingerprint density at radius 1 is 0.914 bits per heavy atom. The number of aryl methyl sites for hydroxylation is 1. The maximum absolute atomic E-state index is 13.4. The monoisotopic (exact) mass is 498 g/mol. The lowest BCUT2D eigenvalue weighted by molar-refractivity contribution is -0.120. The van der Waals surface area contributed by atoms with Gasteiger partial charge in [0, 0.05) is 11.3 Å². The van der Waals surface area contributed by atoms with Gasteiger partial charge in [0.05, 0.1) is 5.92 Å². The summed E-state index contributed by atoms with van der Waals surface area (Å²) >= 11 is 7.00. The fourth-order valence-electron chi connectivity index (χ4n) is 3.95. The molecule has 0 atom stereocenters. The molecule has 0 unspecified atom stereocenters. The number of nitrogens with zero attached hydrogens (tertiary/aromatic N) is 4. The van der Waals surface area contributed by atoms with Crippen molar-refractivity contribution in [1.82, 2.24) is 25.1 Å². The Kier molecular flexibility index (Phi) is 6.35. The quantitative estimate of drug-likeness (QED) is 0.328. The van der Waals surface area contributed by atoms with E-state index in [0.29, 0.717) is 0 Å². The molecule has 0 aliphatic rings. The molecule has 2 heterocycles. The minimum atomic E-state index is -0.479. The van der Waals surface area contributed by atoms with Crippen LogP contribution in [0.1, 0.15) is 28.4 Å². The van der Waals surface area contributed by atoms with Gasteiger partial charge in [0.1, 0.15) is 5.01 Å². The van der Waals surface area contributed by atoms with Crippen LogP contribution in [-0.2, 0) is 4.79 Å². The number of fused-ring (bicyclic) bond motifs is 1. The second kappa shape index (κ2) is 9.73. The van der Waals surface area contributed by atoms with Gasteiger partial charge in [0.25, 0.3) is 0 Å². The van der Waals surface area contributed by atoms with E-state index in [9.17, 15) is 4.79 Å². The Morgan fingerprint density at radius 2 is 1.57 bits per heavy atom. The van der Waals surface area contributed by atoms with Crippen LogP contribution in [-0.4, -0.2) is 30.8 Å². The maximum atomic E-state index is 13.4. The fraction of sp³-hybridized carbons (Fsp3) is 0.115. The Labute approximate surface area is 211 Å². The number of hydrogen-bond acceptors (Lipinski definition) is 6. The number of thiocarbonyl (C=S) groups is 1. The van der Waals surface area contributed by atoms with Crippen LogP contribution in [0, 0.1) is 13.8 Å². The average Bonchev–Trinajstić information content (AvgIpc) is 3.44. The highest BCUT2D eigenvalue weighted by atomic mass is 32.1. The predicted molar refractivity (Wildman–Crippen MR) is 143 cm³/mol. The molecule has 5 aromatic rings. The molecule has 0 spiro atoms. The van der Waals surface area contributed by atoms with Crippen molar-refractivity contribution < 1.29 is 4.79 Å². The normalized spacial score (nSPS) is 11.1. The molecular formula is C26H22N6OS2. The van der Waals surface area contributed by atoms with Crippen molar-refractivity contribution in [2.45, 2.75) is 19.8 Å². The summed E-state index contributed by atoms with van der Waals surface area (Å²) in [5, 5.41) is 20.0. The van der Waals surface area contributed by atoms with Crippen LogP contribution < -0.4 is 10.6 Å². The summed E-state index contributed by atoms with van der Waals surface area (Å²) in [5.41, 5.74) is 4.53. The van der Waals surface area contributed by atoms with Gasteiger partial charge in [-0.1, -0.05) is 84.1 Å². The molecule has 174 valence electrons. The average molecular weight is 499 g/mol. The van der Waals surface area contributed by atoms with Crippen molar-refractivity contribution >= 4 is 45.2 Å². The number of carbonyl (C=O) groups excluding carboxylic acids is 1. The molecule has 1 amide bonds. The van der Waals surface area contributed by atoms with Crippen molar-refractivity contribution in [3.8, 4) is 10.6 Å². The molecule has 0 bridgehead atoms. The second-order valence-electron chi connectivity index (χ2n) is 8.02. The SMILES string of the molecule is Cc1c(NC(=S)NC(=O)C(c2ccccc2)c2ccccc2)cccc1-c1nn2c(C)nnc2s1. The summed E-state index contributed by atoms with van der Waals surface area (Å²) in [6.45, 7) is 3.86. The van der Waals surface area contributed by atoms with Crippen molar-refractivity contribution in [2.24, 2.45) is 0 Å². The Hall–Kier alpha value is -3.95. The van der Waals surface area contributed by atoms with Crippen LogP contribution in [0.5, 0.6) is 0 Å². The molecule has 0 aliphatic heterocycles. The second-order valence-corrected chi connectivity index (χ2v) is 9.39. The zero-order chi connectivity index (χ0) is 24.4. The molecule has 0 fully saturated rings. The smallest absolute Gasteiger partial charge is 0.238 e. The predicted octanol–water partition coefficient (Wildman–Crippen LogP) is 5.11. The number of amides is 1. The van der Waals surface area contributed by atoms with Gasteiger partial charge in [-0.25, -0.2) is 0 Å². The van der Waals surface area contributed by atoms with Gasteiger partial charge >= 0.3 is 0 Å². The Morgan fingerprint density at radius 3 is 2.20 bits per heavy atom. The van der Waals surface area contributed by atoms with Crippen LogP contribution in [0.2, 0.25) is 0 Å². The van der Waals surface area contributed by atoms with E-state index >= 15 is 0 Å². The maximum Gasteiger partial charge on any atom is 0.238 e. The first-order chi connectivity index (χ1) is 17.0. The van der Waals surface area contributed by atoms with Crippen molar-refractivity contribution in [1.29, 1.82) is 0 Å². The molecule has 5 rings (SSSR count). The molecule has 35 heavy (non-hydrogen) atoms. The highest BCUT2D eigenvalue weighted by Crippen LogP contribution is 2.32. The fourth-order valence-corrected chi connectivity index (χ4v) is 5.13. The molecule has 0 aliphatic carbocycles. The molecule has 0 saturated heterocycles. The van der Waals surface area contributed by atoms with Gasteiger partial charge in [-0.2, -0.15) is 9.61 Å². The number of hydrogen-bond donors (Lipinski definition) is 2. The van der Waals surface area contributed by atoms with Gasteiger partial charge in [0.2, 0.25) is 10.9 Å². The van der Waals surface area contributed by atoms with Crippen molar-refractivity contribution in [3.05, 3.63) is 101 Å². The molecule has 7 nitrogen and oxygen atoms in total. The van der Waals surface area contributed by atoms with Gasteiger partial charge in [-0.05, 0) is 48.8 Å². The molecule has 0 radical (unpaired) electrons.